The molecule has 0 saturated heterocycles. The Kier molecular flexibility index (Phi) is 5.16. The van der Waals surface area contributed by atoms with Crippen LogP contribution < -0.4 is 10.6 Å². The first-order valence-corrected chi connectivity index (χ1v) is 8.24. The second-order valence-corrected chi connectivity index (χ2v) is 6.07. The predicted molar refractivity (Wildman–Crippen MR) is 100 cm³/mol. The number of aryl methyl sites for hydroxylation is 1. The lowest BCUT2D eigenvalue weighted by Crippen LogP contribution is -2.14. The molecule has 0 saturated carbocycles. The van der Waals surface area contributed by atoms with E-state index >= 15 is 0 Å². The van der Waals surface area contributed by atoms with Crippen molar-refractivity contribution in [2.75, 3.05) is 10.6 Å². The van der Waals surface area contributed by atoms with Gasteiger partial charge in [0, 0.05) is 11.4 Å². The third kappa shape index (κ3) is 4.67. The van der Waals surface area contributed by atoms with Gasteiger partial charge in [0.2, 0.25) is 0 Å². The van der Waals surface area contributed by atoms with Crippen LogP contribution >= 0.6 is 0 Å². The van der Waals surface area contributed by atoms with Gasteiger partial charge in [0.15, 0.2) is 0 Å². The van der Waals surface area contributed by atoms with Crippen LogP contribution in [-0.2, 0) is 6.18 Å². The Bertz CT molecular complexity index is 933. The number of amides is 1. The van der Waals surface area contributed by atoms with Crippen LogP contribution in [0.15, 0.2) is 72.8 Å². The summed E-state index contributed by atoms with van der Waals surface area (Å²) in [4.78, 5) is 12.6. The Labute approximate surface area is 154 Å². The number of carbonyl (C=O) groups is 1. The van der Waals surface area contributed by atoms with Crippen LogP contribution in [0, 0.1) is 6.92 Å². The monoisotopic (exact) mass is 370 g/mol. The first kappa shape index (κ1) is 18.5. The third-order valence-corrected chi connectivity index (χ3v) is 3.97. The van der Waals surface area contributed by atoms with Gasteiger partial charge in [0.05, 0.1) is 16.8 Å². The molecule has 3 aromatic rings. The van der Waals surface area contributed by atoms with Crippen molar-refractivity contribution < 1.29 is 18.0 Å². The second-order valence-electron chi connectivity index (χ2n) is 6.07. The van der Waals surface area contributed by atoms with Gasteiger partial charge in [0.25, 0.3) is 5.91 Å². The van der Waals surface area contributed by atoms with E-state index in [4.69, 9.17) is 0 Å². The standard InChI is InChI=1S/C21H17F3N2O/c1-14-6-10-16(11-7-14)25-19-5-3-2-4-18(19)20(27)26-17-12-8-15(9-13-17)21(22,23)24/h2-13,25H,1H3,(H,26,27). The van der Waals surface area contributed by atoms with E-state index in [1.54, 1.807) is 24.3 Å². The molecule has 0 atom stereocenters. The summed E-state index contributed by atoms with van der Waals surface area (Å²) in [6.07, 6.45) is -4.41. The molecule has 0 fully saturated rings. The molecule has 0 aromatic heterocycles. The third-order valence-electron chi connectivity index (χ3n) is 3.97. The van der Waals surface area contributed by atoms with Crippen molar-refractivity contribution in [1.82, 2.24) is 0 Å². The van der Waals surface area contributed by atoms with Crippen molar-refractivity contribution in [3.05, 3.63) is 89.5 Å². The predicted octanol–water partition coefficient (Wildman–Crippen LogP) is 6.01. The lowest BCUT2D eigenvalue weighted by atomic mass is 10.1. The lowest BCUT2D eigenvalue weighted by Gasteiger charge is -2.13. The average molecular weight is 370 g/mol. The number of halogens is 3. The highest BCUT2D eigenvalue weighted by Crippen LogP contribution is 2.30. The molecule has 0 aliphatic rings. The molecular formula is C21H17F3N2O. The van der Waals surface area contributed by atoms with Crippen LogP contribution in [0.25, 0.3) is 0 Å². The Hall–Kier alpha value is -3.28. The van der Waals surface area contributed by atoms with Crippen molar-refractivity contribution in [2.45, 2.75) is 13.1 Å². The summed E-state index contributed by atoms with van der Waals surface area (Å²) in [6, 6.07) is 19.0. The van der Waals surface area contributed by atoms with Gasteiger partial charge in [-0.05, 0) is 55.5 Å². The number of para-hydroxylation sites is 1. The van der Waals surface area contributed by atoms with E-state index in [0.717, 1.165) is 23.4 Å². The maximum atomic E-state index is 12.6. The van der Waals surface area contributed by atoms with Crippen molar-refractivity contribution >= 4 is 23.0 Å². The van der Waals surface area contributed by atoms with Gasteiger partial charge >= 0.3 is 6.18 Å². The number of hydrogen-bond acceptors (Lipinski definition) is 2. The zero-order valence-electron chi connectivity index (χ0n) is 14.5. The Morgan fingerprint density at radius 2 is 1.41 bits per heavy atom. The molecule has 1 amide bonds. The minimum Gasteiger partial charge on any atom is -0.355 e. The summed E-state index contributed by atoms with van der Waals surface area (Å²) in [5.41, 5.74) is 2.47. The molecule has 0 unspecified atom stereocenters. The van der Waals surface area contributed by atoms with Crippen LogP contribution in [0.5, 0.6) is 0 Å². The molecule has 0 radical (unpaired) electrons. The number of rotatable bonds is 4. The van der Waals surface area contributed by atoms with E-state index in [1.165, 1.54) is 12.1 Å². The molecule has 0 aliphatic carbocycles. The summed E-state index contributed by atoms with van der Waals surface area (Å²) in [6.45, 7) is 1.98. The van der Waals surface area contributed by atoms with Gasteiger partial charge < -0.3 is 10.6 Å². The topological polar surface area (TPSA) is 41.1 Å². The molecule has 0 bridgehead atoms. The smallest absolute Gasteiger partial charge is 0.355 e. The van der Waals surface area contributed by atoms with Gasteiger partial charge in [-0.3, -0.25) is 4.79 Å². The van der Waals surface area contributed by atoms with E-state index < -0.39 is 17.6 Å². The number of nitrogens with one attached hydrogen (secondary N) is 2. The highest BCUT2D eigenvalue weighted by molar-refractivity contribution is 6.08. The molecule has 3 nitrogen and oxygen atoms in total. The average Bonchev–Trinajstić information content (AvgIpc) is 2.64. The number of anilines is 3. The van der Waals surface area contributed by atoms with Crippen molar-refractivity contribution in [2.24, 2.45) is 0 Å². The quantitative estimate of drug-likeness (QED) is 0.590. The largest absolute Gasteiger partial charge is 0.416 e. The minimum absolute atomic E-state index is 0.290. The summed E-state index contributed by atoms with van der Waals surface area (Å²) in [7, 11) is 0. The number of benzene rings is 3. The van der Waals surface area contributed by atoms with Gasteiger partial charge in [0.1, 0.15) is 0 Å². The molecule has 0 heterocycles. The first-order valence-electron chi connectivity index (χ1n) is 8.24. The fourth-order valence-electron chi connectivity index (χ4n) is 2.52. The normalized spacial score (nSPS) is 11.1. The summed E-state index contributed by atoms with van der Waals surface area (Å²) < 4.78 is 37.9. The Balaban J connectivity index is 1.78. The summed E-state index contributed by atoms with van der Waals surface area (Å²) in [5, 5.41) is 5.81. The Morgan fingerprint density at radius 3 is 2.04 bits per heavy atom. The van der Waals surface area contributed by atoms with E-state index in [-0.39, 0.29) is 5.69 Å². The fourth-order valence-corrected chi connectivity index (χ4v) is 2.52. The highest BCUT2D eigenvalue weighted by Gasteiger charge is 2.30. The summed E-state index contributed by atoms with van der Waals surface area (Å²) >= 11 is 0. The molecule has 0 spiro atoms. The minimum atomic E-state index is -4.41. The molecule has 27 heavy (non-hydrogen) atoms. The van der Waals surface area contributed by atoms with Gasteiger partial charge in [-0.2, -0.15) is 13.2 Å². The van der Waals surface area contributed by atoms with Crippen LogP contribution in [0.3, 0.4) is 0 Å². The van der Waals surface area contributed by atoms with Gasteiger partial charge in [-0.1, -0.05) is 29.8 Å². The number of hydrogen-bond donors (Lipinski definition) is 2. The van der Waals surface area contributed by atoms with Crippen LogP contribution in [0.1, 0.15) is 21.5 Å². The molecule has 0 aliphatic heterocycles. The van der Waals surface area contributed by atoms with Crippen molar-refractivity contribution in [3.8, 4) is 0 Å². The summed E-state index contributed by atoms with van der Waals surface area (Å²) in [5.74, 6) is -0.412. The van der Waals surface area contributed by atoms with E-state index in [2.05, 4.69) is 10.6 Å². The fraction of sp³-hybridized carbons (Fsp3) is 0.0952. The van der Waals surface area contributed by atoms with Gasteiger partial charge in [-0.25, -0.2) is 0 Å². The number of alkyl halides is 3. The maximum Gasteiger partial charge on any atom is 0.416 e. The van der Waals surface area contributed by atoms with Crippen LogP contribution in [-0.4, -0.2) is 5.91 Å². The SMILES string of the molecule is Cc1ccc(Nc2ccccc2C(=O)Nc2ccc(C(F)(F)F)cc2)cc1. The van der Waals surface area contributed by atoms with E-state index in [9.17, 15) is 18.0 Å². The van der Waals surface area contributed by atoms with Crippen LogP contribution in [0.2, 0.25) is 0 Å². The number of carbonyl (C=O) groups excluding carboxylic acids is 1. The molecule has 3 aromatic carbocycles. The molecular weight excluding hydrogens is 353 g/mol. The van der Waals surface area contributed by atoms with Crippen LogP contribution in [0.4, 0.5) is 30.2 Å². The molecule has 2 N–H and O–H groups in total. The molecule has 138 valence electrons. The van der Waals surface area contributed by atoms with E-state index in [0.29, 0.717) is 11.3 Å². The van der Waals surface area contributed by atoms with E-state index in [1.807, 2.05) is 31.2 Å². The second kappa shape index (κ2) is 7.53. The first-order chi connectivity index (χ1) is 12.8. The zero-order chi connectivity index (χ0) is 19.4. The lowest BCUT2D eigenvalue weighted by molar-refractivity contribution is -0.137. The highest BCUT2D eigenvalue weighted by atomic mass is 19.4. The molecule has 3 rings (SSSR count). The van der Waals surface area contributed by atoms with Crippen molar-refractivity contribution in [3.63, 3.8) is 0 Å². The molecule has 6 heteroatoms. The zero-order valence-corrected chi connectivity index (χ0v) is 14.5. The van der Waals surface area contributed by atoms with Crippen molar-refractivity contribution in [1.29, 1.82) is 0 Å². The van der Waals surface area contributed by atoms with Gasteiger partial charge in [-0.15, -0.1) is 0 Å². The Morgan fingerprint density at radius 1 is 0.815 bits per heavy atom. The maximum absolute atomic E-state index is 12.6.